The number of para-hydroxylation sites is 1. The molecule has 1 aromatic carbocycles. The molecule has 0 bridgehead atoms. The van der Waals surface area contributed by atoms with Gasteiger partial charge < -0.3 is 5.32 Å². The Morgan fingerprint density at radius 2 is 1.90 bits per heavy atom. The molecule has 1 atom stereocenters. The fraction of sp³-hybridized carbons (Fsp3) is 0.278. The monoisotopic (exact) mass is 296 g/mol. The third-order valence-electron chi connectivity index (χ3n) is 3.67. The van der Waals surface area contributed by atoms with E-state index in [4.69, 9.17) is 0 Å². The zero-order chi connectivity index (χ0) is 14.8. The molecule has 0 saturated carbocycles. The maximum absolute atomic E-state index is 4.61. The lowest BCUT2D eigenvalue weighted by Gasteiger charge is -2.23. The summed E-state index contributed by atoms with van der Waals surface area (Å²) in [4.78, 5) is 5.99. The average Bonchev–Trinajstić information content (AvgIpc) is 2.97. The number of hydrogen-bond donors (Lipinski definition) is 1. The van der Waals surface area contributed by atoms with Gasteiger partial charge in [0.25, 0.3) is 0 Å². The van der Waals surface area contributed by atoms with Crippen LogP contribution in [-0.4, -0.2) is 4.98 Å². The molecule has 3 aromatic rings. The number of nitrogens with one attached hydrogen (secondary N) is 1. The summed E-state index contributed by atoms with van der Waals surface area (Å²) in [5, 5.41) is 7.06. The topological polar surface area (TPSA) is 24.9 Å². The Morgan fingerprint density at radius 1 is 1.10 bits per heavy atom. The van der Waals surface area contributed by atoms with Crippen LogP contribution in [0.2, 0.25) is 0 Å². The summed E-state index contributed by atoms with van der Waals surface area (Å²) >= 11 is 1.81. The molecular weight excluding hydrogens is 276 g/mol. The molecule has 0 aliphatic carbocycles. The smallest absolute Gasteiger partial charge is 0.0725 e. The number of pyridine rings is 1. The Bertz CT molecular complexity index is 732. The largest absolute Gasteiger partial charge is 0.377 e. The van der Waals surface area contributed by atoms with Crippen molar-refractivity contribution in [3.63, 3.8) is 0 Å². The van der Waals surface area contributed by atoms with Gasteiger partial charge in [0.05, 0.1) is 11.6 Å². The van der Waals surface area contributed by atoms with Crippen LogP contribution in [0.4, 0.5) is 5.69 Å². The molecule has 3 rings (SSSR count). The summed E-state index contributed by atoms with van der Waals surface area (Å²) in [5.74, 6) is 0.524. The maximum Gasteiger partial charge on any atom is 0.0725 e. The van der Waals surface area contributed by atoms with E-state index in [-0.39, 0.29) is 0 Å². The zero-order valence-electron chi connectivity index (χ0n) is 12.6. The van der Waals surface area contributed by atoms with E-state index in [0.29, 0.717) is 12.0 Å². The normalized spacial score (nSPS) is 12.8. The van der Waals surface area contributed by atoms with Gasteiger partial charge in [-0.25, -0.2) is 0 Å². The molecule has 0 fully saturated rings. The highest BCUT2D eigenvalue weighted by Crippen LogP contribution is 2.32. The quantitative estimate of drug-likeness (QED) is 0.696. The lowest BCUT2D eigenvalue weighted by Crippen LogP contribution is -2.16. The van der Waals surface area contributed by atoms with Crippen molar-refractivity contribution in [1.29, 1.82) is 0 Å². The molecule has 3 heteroatoms. The molecule has 2 aromatic heterocycles. The van der Waals surface area contributed by atoms with Gasteiger partial charge in [-0.3, -0.25) is 4.98 Å². The van der Waals surface area contributed by atoms with Crippen molar-refractivity contribution in [3.05, 3.63) is 58.4 Å². The number of thiophene rings is 1. The third-order valence-corrected chi connectivity index (χ3v) is 4.63. The molecule has 0 amide bonds. The highest BCUT2D eigenvalue weighted by Gasteiger charge is 2.17. The minimum atomic E-state index is 0.329. The lowest BCUT2D eigenvalue weighted by atomic mass is 10.0. The van der Waals surface area contributed by atoms with Gasteiger partial charge >= 0.3 is 0 Å². The van der Waals surface area contributed by atoms with E-state index in [2.05, 4.69) is 65.9 Å². The highest BCUT2D eigenvalue weighted by atomic mass is 32.1. The van der Waals surface area contributed by atoms with Crippen LogP contribution in [-0.2, 0) is 0 Å². The van der Waals surface area contributed by atoms with E-state index in [1.807, 2.05) is 24.3 Å². The van der Waals surface area contributed by atoms with Crippen LogP contribution in [0.5, 0.6) is 0 Å². The van der Waals surface area contributed by atoms with Gasteiger partial charge in [-0.15, -0.1) is 11.3 Å². The molecule has 21 heavy (non-hydrogen) atoms. The third kappa shape index (κ3) is 2.93. The summed E-state index contributed by atoms with van der Waals surface area (Å²) in [5.41, 5.74) is 3.27. The van der Waals surface area contributed by atoms with Crippen LogP contribution in [0.25, 0.3) is 10.9 Å². The first-order valence-electron chi connectivity index (χ1n) is 7.31. The van der Waals surface area contributed by atoms with Gasteiger partial charge in [-0.05, 0) is 36.4 Å². The van der Waals surface area contributed by atoms with Crippen molar-refractivity contribution in [2.45, 2.75) is 26.8 Å². The van der Waals surface area contributed by atoms with Crippen LogP contribution in [0.3, 0.4) is 0 Å². The summed E-state index contributed by atoms with van der Waals surface area (Å²) in [6, 6.07) is 15.1. The number of anilines is 1. The molecule has 2 heterocycles. The first-order chi connectivity index (χ1) is 10.1. The number of aromatic nitrogens is 1. The first-order valence-corrected chi connectivity index (χ1v) is 8.19. The Kier molecular flexibility index (Phi) is 3.93. The molecule has 1 N–H and O–H groups in total. The Labute approximate surface area is 129 Å². The number of hydrogen-bond acceptors (Lipinski definition) is 3. The van der Waals surface area contributed by atoms with Crippen LogP contribution < -0.4 is 5.32 Å². The van der Waals surface area contributed by atoms with E-state index < -0.39 is 0 Å². The van der Waals surface area contributed by atoms with Crippen LogP contribution in [0.1, 0.15) is 30.5 Å². The van der Waals surface area contributed by atoms with Gasteiger partial charge in [0.15, 0.2) is 0 Å². The number of fused-ring (bicyclic) bond motifs is 1. The Morgan fingerprint density at radius 3 is 2.62 bits per heavy atom. The van der Waals surface area contributed by atoms with Crippen molar-refractivity contribution in [2.24, 2.45) is 5.92 Å². The van der Waals surface area contributed by atoms with Crippen molar-refractivity contribution in [1.82, 2.24) is 4.98 Å². The van der Waals surface area contributed by atoms with Crippen LogP contribution >= 0.6 is 11.3 Å². The van der Waals surface area contributed by atoms with Crippen molar-refractivity contribution >= 4 is 27.9 Å². The number of nitrogens with zero attached hydrogens (tertiary/aromatic N) is 1. The highest BCUT2D eigenvalue weighted by molar-refractivity contribution is 7.10. The molecule has 1 unspecified atom stereocenters. The lowest BCUT2D eigenvalue weighted by molar-refractivity contribution is 0.554. The molecular formula is C18H20N2S. The van der Waals surface area contributed by atoms with E-state index >= 15 is 0 Å². The summed E-state index contributed by atoms with van der Waals surface area (Å²) < 4.78 is 0. The first kappa shape index (κ1) is 14.1. The second-order valence-corrected chi connectivity index (χ2v) is 6.69. The molecule has 0 aliphatic rings. The second kappa shape index (κ2) is 5.86. The standard InChI is InChI=1S/C18H20N2S/c1-12(2)18(17-9-6-10-21-17)20-16-11-13(3)19-15-8-5-4-7-14(15)16/h4-12,18H,1-3H3,(H,19,20). The van der Waals surface area contributed by atoms with Gasteiger partial charge in [0.1, 0.15) is 0 Å². The summed E-state index contributed by atoms with van der Waals surface area (Å²) in [6.07, 6.45) is 0. The van der Waals surface area contributed by atoms with Crippen LogP contribution in [0.15, 0.2) is 47.8 Å². The molecule has 2 nitrogen and oxygen atoms in total. The molecule has 0 radical (unpaired) electrons. The maximum atomic E-state index is 4.61. The fourth-order valence-corrected chi connectivity index (χ4v) is 3.58. The summed E-state index contributed by atoms with van der Waals surface area (Å²) in [7, 11) is 0. The molecule has 0 spiro atoms. The molecule has 108 valence electrons. The van der Waals surface area contributed by atoms with Crippen LogP contribution in [0, 0.1) is 12.8 Å². The SMILES string of the molecule is Cc1cc(NC(c2cccs2)C(C)C)c2ccccc2n1. The van der Waals surface area contributed by atoms with Crippen molar-refractivity contribution < 1.29 is 0 Å². The van der Waals surface area contributed by atoms with Gasteiger partial charge in [0.2, 0.25) is 0 Å². The number of benzene rings is 1. The predicted octanol–water partition coefficient (Wildman–Crippen LogP) is 5.41. The number of rotatable bonds is 4. The van der Waals surface area contributed by atoms with Crippen molar-refractivity contribution in [2.75, 3.05) is 5.32 Å². The minimum Gasteiger partial charge on any atom is -0.377 e. The van der Waals surface area contributed by atoms with E-state index in [9.17, 15) is 0 Å². The van der Waals surface area contributed by atoms with Gasteiger partial charge in [-0.1, -0.05) is 38.1 Å². The number of aryl methyl sites for hydroxylation is 1. The van der Waals surface area contributed by atoms with E-state index in [1.165, 1.54) is 16.0 Å². The zero-order valence-corrected chi connectivity index (χ0v) is 13.4. The predicted molar refractivity (Wildman–Crippen MR) is 92.0 cm³/mol. The van der Waals surface area contributed by atoms with E-state index in [0.717, 1.165) is 11.2 Å². The molecule has 0 saturated heterocycles. The Balaban J connectivity index is 2.04. The van der Waals surface area contributed by atoms with Gasteiger partial charge in [-0.2, -0.15) is 0 Å². The Hall–Kier alpha value is -1.87. The fourth-order valence-electron chi connectivity index (χ4n) is 2.63. The second-order valence-electron chi connectivity index (χ2n) is 5.71. The minimum absolute atomic E-state index is 0.329. The van der Waals surface area contributed by atoms with Gasteiger partial charge in [0, 0.05) is 21.6 Å². The van der Waals surface area contributed by atoms with E-state index in [1.54, 1.807) is 0 Å². The summed E-state index contributed by atoms with van der Waals surface area (Å²) in [6.45, 7) is 6.56. The average molecular weight is 296 g/mol. The molecule has 0 aliphatic heterocycles. The van der Waals surface area contributed by atoms with Crippen molar-refractivity contribution in [3.8, 4) is 0 Å².